The van der Waals surface area contributed by atoms with E-state index in [1.54, 1.807) is 0 Å². The zero-order valence-electron chi connectivity index (χ0n) is 13.8. The van der Waals surface area contributed by atoms with Crippen molar-refractivity contribution in [2.75, 3.05) is 0 Å². The van der Waals surface area contributed by atoms with Gasteiger partial charge in [0.1, 0.15) is 5.82 Å². The highest BCUT2D eigenvalue weighted by Crippen LogP contribution is 2.21. The van der Waals surface area contributed by atoms with Gasteiger partial charge in [0, 0.05) is 24.5 Å². The van der Waals surface area contributed by atoms with Crippen LogP contribution in [0.3, 0.4) is 0 Å². The lowest BCUT2D eigenvalue weighted by Gasteiger charge is -2.09. The Labute approximate surface area is 138 Å². The van der Waals surface area contributed by atoms with E-state index in [9.17, 15) is 0 Å². The monoisotopic (exact) mass is 304 g/mol. The summed E-state index contributed by atoms with van der Waals surface area (Å²) in [5.74, 6) is 1.16. The molecule has 0 saturated heterocycles. The fraction of sp³-hybridized carbons (Fsp3) is 0.286. The zero-order chi connectivity index (χ0) is 15.9. The number of benzene rings is 2. The van der Waals surface area contributed by atoms with Crippen molar-refractivity contribution < 1.29 is 0 Å². The number of aromatic nitrogens is 2. The van der Waals surface area contributed by atoms with Gasteiger partial charge in [0.25, 0.3) is 0 Å². The minimum Gasteiger partial charge on any atom is -0.304 e. The molecule has 0 amide bonds. The minimum atomic E-state index is 1.05. The first kappa shape index (κ1) is 15.5. The van der Waals surface area contributed by atoms with Gasteiger partial charge in [-0.1, -0.05) is 68.7 Å². The average molecular weight is 304 g/mol. The maximum Gasteiger partial charge on any atom is 0.113 e. The predicted octanol–water partition coefficient (Wildman–Crippen LogP) is 5.66. The smallest absolute Gasteiger partial charge is 0.113 e. The number of hydrogen-bond donors (Lipinski definition) is 0. The summed E-state index contributed by atoms with van der Waals surface area (Å²) in [5, 5.41) is 0. The largest absolute Gasteiger partial charge is 0.304 e. The van der Waals surface area contributed by atoms with Crippen LogP contribution in [0.15, 0.2) is 67.0 Å². The second-order valence-electron chi connectivity index (χ2n) is 5.94. The van der Waals surface area contributed by atoms with Gasteiger partial charge in [-0.15, -0.1) is 0 Å². The molecule has 2 nitrogen and oxygen atoms in total. The maximum atomic E-state index is 4.53. The predicted molar refractivity (Wildman–Crippen MR) is 96.8 cm³/mol. The lowest BCUT2D eigenvalue weighted by molar-refractivity contribution is 0.648. The summed E-state index contributed by atoms with van der Waals surface area (Å²) in [6, 6.07) is 19.2. The van der Waals surface area contributed by atoms with Gasteiger partial charge in [-0.2, -0.15) is 0 Å². The molecule has 0 aliphatic heterocycles. The molecule has 23 heavy (non-hydrogen) atoms. The van der Waals surface area contributed by atoms with Crippen LogP contribution in [-0.2, 0) is 6.42 Å². The molecule has 3 aromatic rings. The minimum absolute atomic E-state index is 1.05. The first-order valence-electron chi connectivity index (χ1n) is 8.56. The SMILES string of the molecule is CCCCCCc1nccn1-c1ccc(-c2ccccc2)cc1. The van der Waals surface area contributed by atoms with Gasteiger partial charge in [0.05, 0.1) is 0 Å². The molecule has 0 aliphatic carbocycles. The Kier molecular flexibility index (Phi) is 5.25. The van der Waals surface area contributed by atoms with Crippen molar-refractivity contribution in [2.24, 2.45) is 0 Å². The van der Waals surface area contributed by atoms with E-state index in [1.165, 1.54) is 42.5 Å². The Balaban J connectivity index is 1.74. The number of nitrogens with zero attached hydrogens (tertiary/aromatic N) is 2. The summed E-state index contributed by atoms with van der Waals surface area (Å²) < 4.78 is 2.21. The van der Waals surface area contributed by atoms with Gasteiger partial charge in [0.15, 0.2) is 0 Å². The van der Waals surface area contributed by atoms with E-state index >= 15 is 0 Å². The molecule has 3 rings (SSSR count). The number of hydrogen-bond acceptors (Lipinski definition) is 1. The molecule has 0 fully saturated rings. The second-order valence-corrected chi connectivity index (χ2v) is 5.94. The normalized spacial score (nSPS) is 10.8. The molecule has 0 aliphatic rings. The van der Waals surface area contributed by atoms with Crippen LogP contribution in [0.2, 0.25) is 0 Å². The van der Waals surface area contributed by atoms with E-state index in [0.29, 0.717) is 0 Å². The van der Waals surface area contributed by atoms with E-state index in [2.05, 4.69) is 71.2 Å². The zero-order valence-corrected chi connectivity index (χ0v) is 13.8. The second kappa shape index (κ2) is 7.77. The van der Waals surface area contributed by atoms with Crippen LogP contribution >= 0.6 is 0 Å². The molecule has 1 aromatic heterocycles. The van der Waals surface area contributed by atoms with Gasteiger partial charge in [0.2, 0.25) is 0 Å². The molecule has 0 N–H and O–H groups in total. The van der Waals surface area contributed by atoms with Crippen molar-refractivity contribution in [2.45, 2.75) is 39.0 Å². The van der Waals surface area contributed by atoms with Crippen molar-refractivity contribution in [1.82, 2.24) is 9.55 Å². The quantitative estimate of drug-likeness (QED) is 0.515. The van der Waals surface area contributed by atoms with Crippen molar-refractivity contribution in [3.63, 3.8) is 0 Å². The van der Waals surface area contributed by atoms with Crippen LogP contribution < -0.4 is 0 Å². The first-order valence-corrected chi connectivity index (χ1v) is 8.56. The molecule has 2 heteroatoms. The fourth-order valence-corrected chi connectivity index (χ4v) is 2.91. The fourth-order valence-electron chi connectivity index (χ4n) is 2.91. The Morgan fingerprint density at radius 1 is 0.826 bits per heavy atom. The average Bonchev–Trinajstić information content (AvgIpc) is 3.08. The number of imidazole rings is 1. The van der Waals surface area contributed by atoms with Crippen LogP contribution in [0, 0.1) is 0 Å². The van der Waals surface area contributed by atoms with Gasteiger partial charge >= 0.3 is 0 Å². The Bertz CT molecular complexity index is 711. The molecule has 0 radical (unpaired) electrons. The van der Waals surface area contributed by atoms with Gasteiger partial charge in [-0.3, -0.25) is 0 Å². The summed E-state index contributed by atoms with van der Waals surface area (Å²) in [5.41, 5.74) is 3.69. The van der Waals surface area contributed by atoms with Crippen molar-refractivity contribution in [1.29, 1.82) is 0 Å². The molecule has 2 aromatic carbocycles. The van der Waals surface area contributed by atoms with Crippen LogP contribution in [-0.4, -0.2) is 9.55 Å². The van der Waals surface area contributed by atoms with E-state index in [4.69, 9.17) is 0 Å². The third-order valence-corrected chi connectivity index (χ3v) is 4.22. The maximum absolute atomic E-state index is 4.53. The molecule has 0 atom stereocenters. The van der Waals surface area contributed by atoms with Crippen molar-refractivity contribution >= 4 is 0 Å². The molecule has 0 spiro atoms. The summed E-state index contributed by atoms with van der Waals surface area (Å²) in [6.45, 7) is 2.25. The molecular weight excluding hydrogens is 280 g/mol. The highest BCUT2D eigenvalue weighted by atomic mass is 15.1. The van der Waals surface area contributed by atoms with E-state index in [-0.39, 0.29) is 0 Å². The third kappa shape index (κ3) is 3.89. The first-order chi connectivity index (χ1) is 11.4. The summed E-state index contributed by atoms with van der Waals surface area (Å²) in [4.78, 5) is 4.53. The lowest BCUT2D eigenvalue weighted by atomic mass is 10.1. The van der Waals surface area contributed by atoms with Crippen LogP contribution in [0.4, 0.5) is 0 Å². The Morgan fingerprint density at radius 2 is 1.57 bits per heavy atom. The van der Waals surface area contributed by atoms with E-state index in [0.717, 1.165) is 12.2 Å². The Hall–Kier alpha value is -2.35. The van der Waals surface area contributed by atoms with Crippen molar-refractivity contribution in [3.05, 3.63) is 72.8 Å². The standard InChI is InChI=1S/C21H24N2/c1-2-3-4-8-11-21-22-16-17-23(21)20-14-12-19(13-15-20)18-9-6-5-7-10-18/h5-7,9-10,12-17H,2-4,8,11H2,1H3. The molecular formula is C21H24N2. The van der Waals surface area contributed by atoms with Gasteiger partial charge in [-0.25, -0.2) is 4.98 Å². The van der Waals surface area contributed by atoms with Gasteiger partial charge < -0.3 is 4.57 Å². The highest BCUT2D eigenvalue weighted by molar-refractivity contribution is 5.64. The third-order valence-electron chi connectivity index (χ3n) is 4.22. The van der Waals surface area contributed by atoms with Gasteiger partial charge in [-0.05, 0) is 29.7 Å². The van der Waals surface area contributed by atoms with Crippen LogP contribution in [0.25, 0.3) is 16.8 Å². The van der Waals surface area contributed by atoms with Crippen molar-refractivity contribution in [3.8, 4) is 16.8 Å². The Morgan fingerprint density at radius 3 is 2.30 bits per heavy atom. The molecule has 0 unspecified atom stereocenters. The van der Waals surface area contributed by atoms with E-state index in [1.807, 2.05) is 12.3 Å². The van der Waals surface area contributed by atoms with Crippen LogP contribution in [0.5, 0.6) is 0 Å². The summed E-state index contributed by atoms with van der Waals surface area (Å²) >= 11 is 0. The topological polar surface area (TPSA) is 17.8 Å². The highest BCUT2D eigenvalue weighted by Gasteiger charge is 2.05. The summed E-state index contributed by atoms with van der Waals surface area (Å²) in [6.07, 6.45) is 10.1. The summed E-state index contributed by atoms with van der Waals surface area (Å²) in [7, 11) is 0. The molecule has 118 valence electrons. The van der Waals surface area contributed by atoms with E-state index < -0.39 is 0 Å². The lowest BCUT2D eigenvalue weighted by Crippen LogP contribution is -2.00. The number of rotatable bonds is 7. The van der Waals surface area contributed by atoms with Crippen LogP contribution in [0.1, 0.15) is 38.4 Å². The molecule has 0 bridgehead atoms. The number of unbranched alkanes of at least 4 members (excludes halogenated alkanes) is 3. The molecule has 0 saturated carbocycles. The number of aryl methyl sites for hydroxylation is 1. The molecule has 1 heterocycles.